The summed E-state index contributed by atoms with van der Waals surface area (Å²) in [7, 11) is -1.11. The lowest BCUT2D eigenvalue weighted by molar-refractivity contribution is 0.0698. The summed E-state index contributed by atoms with van der Waals surface area (Å²) < 4.78 is 13.2. The van der Waals surface area contributed by atoms with Crippen LogP contribution in [0, 0.1) is 0 Å². The van der Waals surface area contributed by atoms with Gasteiger partial charge in [0.15, 0.2) is 0 Å². The molecule has 1 aliphatic rings. The number of aromatic nitrogens is 3. The van der Waals surface area contributed by atoms with Crippen LogP contribution in [0.2, 0.25) is 25.7 Å². The first kappa shape index (κ1) is 21.5. The molecule has 0 saturated carbocycles. The van der Waals surface area contributed by atoms with Gasteiger partial charge in [-0.3, -0.25) is 0 Å². The third-order valence-electron chi connectivity index (χ3n) is 5.11. The van der Waals surface area contributed by atoms with Gasteiger partial charge in [-0.05, 0) is 24.4 Å². The average Bonchev–Trinajstić information content (AvgIpc) is 3.18. The van der Waals surface area contributed by atoms with E-state index in [0.717, 1.165) is 36.9 Å². The van der Waals surface area contributed by atoms with E-state index in [-0.39, 0.29) is 12.0 Å². The Morgan fingerprint density at radius 2 is 2.03 bits per heavy atom. The molecule has 0 bridgehead atoms. The quantitative estimate of drug-likeness (QED) is 0.478. The Hall–Kier alpha value is -2.19. The van der Waals surface area contributed by atoms with Gasteiger partial charge in [0.2, 0.25) is 0 Å². The number of hydrogen-bond donors (Lipinski definition) is 0. The van der Waals surface area contributed by atoms with Crippen LogP contribution in [0.1, 0.15) is 30.1 Å². The van der Waals surface area contributed by atoms with E-state index < -0.39 is 8.07 Å². The Morgan fingerprint density at radius 3 is 2.79 bits per heavy atom. The molecule has 1 atom stereocenters. The van der Waals surface area contributed by atoms with Gasteiger partial charge in [-0.15, -0.1) is 0 Å². The van der Waals surface area contributed by atoms with Crippen molar-refractivity contribution in [2.75, 3.05) is 19.7 Å². The fourth-order valence-electron chi connectivity index (χ4n) is 3.38. The molecule has 1 saturated heterocycles. The predicted molar refractivity (Wildman–Crippen MR) is 114 cm³/mol. The summed E-state index contributed by atoms with van der Waals surface area (Å²) in [6.07, 6.45) is 3.21. The Balaban J connectivity index is 1.51. The van der Waals surface area contributed by atoms with Gasteiger partial charge >= 0.3 is 6.09 Å². The van der Waals surface area contributed by atoms with Gasteiger partial charge in [0, 0.05) is 33.7 Å². The Bertz CT molecular complexity index is 776. The van der Waals surface area contributed by atoms with Crippen molar-refractivity contribution >= 4 is 14.2 Å². The zero-order valence-electron chi connectivity index (χ0n) is 17.7. The summed E-state index contributed by atoms with van der Waals surface area (Å²) >= 11 is 0. The first-order valence-corrected chi connectivity index (χ1v) is 14.0. The van der Waals surface area contributed by atoms with Gasteiger partial charge in [0.05, 0.1) is 0 Å². The molecule has 0 radical (unpaired) electrons. The lowest BCUT2D eigenvalue weighted by Crippen LogP contribution is -2.40. The van der Waals surface area contributed by atoms with Gasteiger partial charge in [0.1, 0.15) is 25.5 Å². The maximum absolute atomic E-state index is 12.5. The number of benzene rings is 1. The lowest BCUT2D eigenvalue weighted by Gasteiger charge is -2.31. The predicted octanol–water partition coefficient (Wildman–Crippen LogP) is 4.11. The fraction of sp³-hybridized carbons (Fsp3) is 0.571. The standard InChI is InChI=1S/C21H32N4O3Si/c1-29(2,3)13-12-27-17-25-20(22-16-23-25)19-10-7-11-24(14-19)21(26)28-15-18-8-5-4-6-9-18/h4-6,8-9,16,19H,7,10-15,17H2,1-3H3. The number of hydrogen-bond acceptors (Lipinski definition) is 5. The van der Waals surface area contributed by atoms with Gasteiger partial charge in [0.25, 0.3) is 0 Å². The third kappa shape index (κ3) is 6.68. The smallest absolute Gasteiger partial charge is 0.410 e. The SMILES string of the molecule is C[Si](C)(C)CCOCn1ncnc1C1CCCN(C(=O)OCc2ccccc2)C1. The van der Waals surface area contributed by atoms with E-state index in [9.17, 15) is 4.79 Å². The zero-order chi connectivity index (χ0) is 20.7. The highest BCUT2D eigenvalue weighted by atomic mass is 28.3. The number of amides is 1. The monoisotopic (exact) mass is 416 g/mol. The minimum absolute atomic E-state index is 0.149. The highest BCUT2D eigenvalue weighted by Crippen LogP contribution is 2.26. The number of likely N-dealkylation sites (tertiary alicyclic amines) is 1. The highest BCUT2D eigenvalue weighted by Gasteiger charge is 2.28. The highest BCUT2D eigenvalue weighted by molar-refractivity contribution is 6.76. The second-order valence-electron chi connectivity index (χ2n) is 8.79. The number of piperidine rings is 1. The number of carbonyl (C=O) groups excluding carboxylic acids is 1. The average molecular weight is 417 g/mol. The largest absolute Gasteiger partial charge is 0.445 e. The van der Waals surface area contributed by atoms with E-state index in [1.165, 1.54) is 0 Å². The minimum Gasteiger partial charge on any atom is -0.445 e. The fourth-order valence-corrected chi connectivity index (χ4v) is 4.14. The number of ether oxygens (including phenoxy) is 2. The number of rotatable bonds is 8. The van der Waals surface area contributed by atoms with Crippen molar-refractivity contribution in [3.63, 3.8) is 0 Å². The molecule has 0 aliphatic carbocycles. The van der Waals surface area contributed by atoms with Crippen LogP contribution in [0.3, 0.4) is 0 Å². The summed E-state index contributed by atoms with van der Waals surface area (Å²) in [5.74, 6) is 1.04. The molecule has 1 unspecified atom stereocenters. The van der Waals surface area contributed by atoms with Crippen LogP contribution in [-0.2, 0) is 22.8 Å². The van der Waals surface area contributed by atoms with Crippen molar-refractivity contribution in [3.8, 4) is 0 Å². The van der Waals surface area contributed by atoms with Crippen molar-refractivity contribution in [1.29, 1.82) is 0 Å². The molecule has 158 valence electrons. The van der Waals surface area contributed by atoms with E-state index >= 15 is 0 Å². The number of nitrogens with zero attached hydrogens (tertiary/aromatic N) is 4. The Labute approximate surface area is 174 Å². The van der Waals surface area contributed by atoms with E-state index in [1.807, 2.05) is 35.0 Å². The van der Waals surface area contributed by atoms with Crippen LogP contribution in [0.15, 0.2) is 36.7 Å². The first-order chi connectivity index (χ1) is 13.9. The summed E-state index contributed by atoms with van der Waals surface area (Å²) in [6, 6.07) is 10.9. The Morgan fingerprint density at radius 1 is 1.24 bits per heavy atom. The topological polar surface area (TPSA) is 69.5 Å². The van der Waals surface area contributed by atoms with Crippen molar-refractivity contribution in [2.45, 2.75) is 57.8 Å². The van der Waals surface area contributed by atoms with Gasteiger partial charge < -0.3 is 14.4 Å². The molecule has 1 aliphatic heterocycles. The van der Waals surface area contributed by atoms with E-state index in [1.54, 1.807) is 11.2 Å². The van der Waals surface area contributed by atoms with Gasteiger partial charge in [-0.25, -0.2) is 14.5 Å². The van der Waals surface area contributed by atoms with Crippen LogP contribution in [0.4, 0.5) is 4.79 Å². The molecule has 1 aromatic heterocycles. The molecule has 1 aromatic carbocycles. The lowest BCUT2D eigenvalue weighted by atomic mass is 9.97. The second-order valence-corrected chi connectivity index (χ2v) is 14.4. The van der Waals surface area contributed by atoms with Crippen molar-refractivity contribution < 1.29 is 14.3 Å². The van der Waals surface area contributed by atoms with Crippen LogP contribution in [0.5, 0.6) is 0 Å². The Kier molecular flexibility index (Phi) is 7.44. The van der Waals surface area contributed by atoms with Crippen molar-refractivity contribution in [3.05, 3.63) is 48.0 Å². The molecule has 7 nitrogen and oxygen atoms in total. The molecular weight excluding hydrogens is 384 g/mol. The molecule has 3 rings (SSSR count). The molecular formula is C21H32N4O3Si. The summed E-state index contributed by atoms with van der Waals surface area (Å²) in [4.78, 5) is 18.8. The maximum Gasteiger partial charge on any atom is 0.410 e. The molecule has 1 fully saturated rings. The van der Waals surface area contributed by atoms with Gasteiger partial charge in [-0.2, -0.15) is 5.10 Å². The van der Waals surface area contributed by atoms with Crippen molar-refractivity contribution in [1.82, 2.24) is 19.7 Å². The van der Waals surface area contributed by atoms with Gasteiger partial charge in [-0.1, -0.05) is 50.0 Å². The second kappa shape index (κ2) is 10.0. The summed E-state index contributed by atoms with van der Waals surface area (Å²) in [5, 5.41) is 4.33. The van der Waals surface area contributed by atoms with Crippen LogP contribution < -0.4 is 0 Å². The number of carbonyl (C=O) groups is 1. The summed E-state index contributed by atoms with van der Waals surface area (Å²) in [5.41, 5.74) is 0.990. The molecule has 2 heterocycles. The summed E-state index contributed by atoms with van der Waals surface area (Å²) in [6.45, 7) is 9.78. The van der Waals surface area contributed by atoms with Crippen LogP contribution >= 0.6 is 0 Å². The zero-order valence-corrected chi connectivity index (χ0v) is 18.7. The van der Waals surface area contributed by atoms with Crippen molar-refractivity contribution in [2.24, 2.45) is 0 Å². The van der Waals surface area contributed by atoms with Crippen LogP contribution in [0.25, 0.3) is 0 Å². The normalized spacial score (nSPS) is 17.3. The van der Waals surface area contributed by atoms with Crippen LogP contribution in [-0.4, -0.2) is 53.5 Å². The third-order valence-corrected chi connectivity index (χ3v) is 6.81. The first-order valence-electron chi connectivity index (χ1n) is 10.3. The molecule has 0 N–H and O–H groups in total. The van der Waals surface area contributed by atoms with E-state index in [0.29, 0.717) is 26.4 Å². The molecule has 2 aromatic rings. The molecule has 29 heavy (non-hydrogen) atoms. The molecule has 1 amide bonds. The maximum atomic E-state index is 12.5. The minimum atomic E-state index is -1.11. The van der Waals surface area contributed by atoms with E-state index in [4.69, 9.17) is 9.47 Å². The molecule has 8 heteroatoms. The molecule has 0 spiro atoms. The van der Waals surface area contributed by atoms with E-state index in [2.05, 4.69) is 29.7 Å².